The van der Waals surface area contributed by atoms with E-state index in [0.29, 0.717) is 11.1 Å². The first kappa shape index (κ1) is 13.5. The lowest BCUT2D eigenvalue weighted by atomic mass is 10.1. The van der Waals surface area contributed by atoms with E-state index in [1.165, 1.54) is 0 Å². The van der Waals surface area contributed by atoms with Gasteiger partial charge in [0.15, 0.2) is 0 Å². The minimum Gasteiger partial charge on any atom is -0.308 e. The minimum absolute atomic E-state index is 0.177. The quantitative estimate of drug-likeness (QED) is 0.534. The third-order valence-corrected chi connectivity index (χ3v) is 3.97. The van der Waals surface area contributed by atoms with Gasteiger partial charge in [0.25, 0.3) is 5.56 Å². The predicted octanol–water partition coefficient (Wildman–Crippen LogP) is 2.42. The number of aromatic nitrogens is 3. The Morgan fingerprint density at radius 2 is 1.57 bits per heavy atom. The molecule has 2 aromatic carbocycles. The van der Waals surface area contributed by atoms with E-state index in [0.717, 1.165) is 11.0 Å². The van der Waals surface area contributed by atoms with Crippen LogP contribution in [0.5, 0.6) is 0 Å². The Morgan fingerprint density at radius 3 is 2.30 bits per heavy atom. The van der Waals surface area contributed by atoms with Crippen LogP contribution in [0, 0.1) is 0 Å². The van der Waals surface area contributed by atoms with Crippen molar-refractivity contribution in [3.05, 3.63) is 82.3 Å². The molecule has 0 N–H and O–H groups in total. The van der Waals surface area contributed by atoms with Gasteiger partial charge in [0.1, 0.15) is 11.2 Å². The smallest absolute Gasteiger partial charge is 0.276 e. The molecule has 0 aliphatic heterocycles. The Morgan fingerprint density at radius 1 is 0.913 bits per heavy atom. The molecule has 23 heavy (non-hydrogen) atoms. The Kier molecular flexibility index (Phi) is 2.87. The summed E-state index contributed by atoms with van der Waals surface area (Å²) in [5, 5.41) is 4.37. The van der Waals surface area contributed by atoms with Crippen LogP contribution in [-0.4, -0.2) is 20.0 Å². The number of ketones is 1. The van der Waals surface area contributed by atoms with Crippen LogP contribution in [0.3, 0.4) is 0 Å². The molecule has 0 amide bonds. The Hall–Kier alpha value is -3.21. The summed E-state index contributed by atoms with van der Waals surface area (Å²) in [6.07, 6.45) is 0. The number of carbonyl (C=O) groups excluding carboxylic acids is 1. The van der Waals surface area contributed by atoms with Gasteiger partial charge in [-0.25, -0.2) is 4.52 Å². The highest BCUT2D eigenvalue weighted by Crippen LogP contribution is 2.16. The lowest BCUT2D eigenvalue weighted by Gasteiger charge is -2.06. The second kappa shape index (κ2) is 4.91. The normalized spacial score (nSPS) is 11.2. The molecule has 2 heterocycles. The lowest BCUT2D eigenvalue weighted by Crippen LogP contribution is -2.19. The number of hydrogen-bond donors (Lipinski definition) is 0. The van der Waals surface area contributed by atoms with Crippen molar-refractivity contribution in [1.29, 1.82) is 0 Å². The van der Waals surface area contributed by atoms with Crippen LogP contribution in [0.15, 0.2) is 65.5 Å². The van der Waals surface area contributed by atoms with E-state index in [-0.39, 0.29) is 17.0 Å². The van der Waals surface area contributed by atoms with Gasteiger partial charge < -0.3 is 4.57 Å². The van der Waals surface area contributed by atoms with Crippen LogP contribution >= 0.6 is 0 Å². The van der Waals surface area contributed by atoms with E-state index in [1.54, 1.807) is 46.5 Å². The number of para-hydroxylation sites is 2. The highest BCUT2D eigenvalue weighted by Gasteiger charge is 2.17. The van der Waals surface area contributed by atoms with Crippen molar-refractivity contribution in [2.45, 2.75) is 0 Å². The monoisotopic (exact) mass is 303 g/mol. The largest absolute Gasteiger partial charge is 0.308 e. The summed E-state index contributed by atoms with van der Waals surface area (Å²) in [5.74, 6) is -0.194. The van der Waals surface area contributed by atoms with Crippen molar-refractivity contribution < 1.29 is 4.79 Å². The van der Waals surface area contributed by atoms with Gasteiger partial charge in [0.2, 0.25) is 5.78 Å². The highest BCUT2D eigenvalue weighted by atomic mass is 16.1. The summed E-state index contributed by atoms with van der Waals surface area (Å²) in [6.45, 7) is 0. The zero-order valence-electron chi connectivity index (χ0n) is 12.4. The number of aryl methyl sites for hydroxylation is 1. The van der Waals surface area contributed by atoms with Crippen LogP contribution in [0.25, 0.3) is 16.6 Å². The van der Waals surface area contributed by atoms with E-state index in [1.807, 2.05) is 30.3 Å². The summed E-state index contributed by atoms with van der Waals surface area (Å²) < 4.78 is 3.12. The van der Waals surface area contributed by atoms with Gasteiger partial charge in [0, 0.05) is 18.7 Å². The molecule has 4 rings (SSSR count). The molecule has 0 saturated carbocycles. The number of hydrogen-bond acceptors (Lipinski definition) is 3. The molecule has 0 unspecified atom stereocenters. The molecule has 4 aromatic rings. The Bertz CT molecular complexity index is 1110. The molecule has 5 nitrogen and oxygen atoms in total. The summed E-state index contributed by atoms with van der Waals surface area (Å²) in [5.41, 5.74) is 2.60. The number of fused-ring (bicyclic) bond motifs is 3. The molecule has 0 bridgehead atoms. The van der Waals surface area contributed by atoms with E-state index in [4.69, 9.17) is 0 Å². The zero-order valence-corrected chi connectivity index (χ0v) is 12.4. The van der Waals surface area contributed by atoms with E-state index in [9.17, 15) is 9.59 Å². The number of nitrogens with zero attached hydrogens (tertiary/aromatic N) is 3. The van der Waals surface area contributed by atoms with Gasteiger partial charge in [-0.15, -0.1) is 0 Å². The number of benzene rings is 2. The Balaban J connectivity index is 2.02. The molecule has 0 saturated heterocycles. The van der Waals surface area contributed by atoms with Crippen LogP contribution in [-0.2, 0) is 7.05 Å². The SMILES string of the molecule is Cn1c(=O)c2cc(C(=O)c3ccccc3)nn2c2ccccc21. The molecule has 5 heteroatoms. The predicted molar refractivity (Wildman–Crippen MR) is 87.8 cm³/mol. The van der Waals surface area contributed by atoms with Crippen molar-refractivity contribution in [3.63, 3.8) is 0 Å². The fourth-order valence-electron chi connectivity index (χ4n) is 2.77. The molecular formula is C18H13N3O2. The lowest BCUT2D eigenvalue weighted by molar-refractivity contribution is 0.103. The minimum atomic E-state index is -0.194. The van der Waals surface area contributed by atoms with Gasteiger partial charge in [-0.3, -0.25) is 9.59 Å². The summed E-state index contributed by atoms with van der Waals surface area (Å²) >= 11 is 0. The van der Waals surface area contributed by atoms with Gasteiger partial charge in [-0.05, 0) is 12.1 Å². The molecule has 0 radical (unpaired) electrons. The van der Waals surface area contributed by atoms with E-state index >= 15 is 0 Å². The maximum absolute atomic E-state index is 12.6. The fourth-order valence-corrected chi connectivity index (χ4v) is 2.77. The van der Waals surface area contributed by atoms with Crippen molar-refractivity contribution in [2.24, 2.45) is 7.05 Å². The van der Waals surface area contributed by atoms with Crippen LogP contribution in [0.4, 0.5) is 0 Å². The maximum Gasteiger partial charge on any atom is 0.276 e. The first-order chi connectivity index (χ1) is 11.2. The molecule has 0 atom stereocenters. The highest BCUT2D eigenvalue weighted by molar-refractivity contribution is 6.08. The molecular weight excluding hydrogens is 290 g/mol. The third kappa shape index (κ3) is 1.97. The summed E-state index contributed by atoms with van der Waals surface area (Å²) in [4.78, 5) is 25.1. The topological polar surface area (TPSA) is 56.4 Å². The average Bonchev–Trinajstić information content (AvgIpc) is 3.05. The Labute approximate surface area is 131 Å². The maximum atomic E-state index is 12.6. The zero-order chi connectivity index (χ0) is 16.0. The van der Waals surface area contributed by atoms with Crippen molar-refractivity contribution >= 4 is 22.3 Å². The van der Waals surface area contributed by atoms with Crippen LogP contribution in [0.1, 0.15) is 16.1 Å². The van der Waals surface area contributed by atoms with Crippen molar-refractivity contribution in [3.8, 4) is 0 Å². The molecule has 112 valence electrons. The first-order valence-corrected chi connectivity index (χ1v) is 7.24. The number of rotatable bonds is 2. The number of carbonyl (C=O) groups is 1. The second-order valence-corrected chi connectivity index (χ2v) is 5.37. The van der Waals surface area contributed by atoms with Gasteiger partial charge in [-0.2, -0.15) is 5.10 Å². The average molecular weight is 303 g/mol. The fraction of sp³-hybridized carbons (Fsp3) is 0.0556. The van der Waals surface area contributed by atoms with E-state index < -0.39 is 0 Å². The van der Waals surface area contributed by atoms with Crippen LogP contribution < -0.4 is 5.56 Å². The first-order valence-electron chi connectivity index (χ1n) is 7.24. The summed E-state index contributed by atoms with van der Waals surface area (Å²) in [7, 11) is 1.72. The van der Waals surface area contributed by atoms with E-state index in [2.05, 4.69) is 5.10 Å². The molecule has 0 aliphatic carbocycles. The van der Waals surface area contributed by atoms with Gasteiger partial charge in [0.05, 0.1) is 11.0 Å². The van der Waals surface area contributed by atoms with Gasteiger partial charge in [-0.1, -0.05) is 42.5 Å². The molecule has 0 aliphatic rings. The van der Waals surface area contributed by atoms with Gasteiger partial charge >= 0.3 is 0 Å². The second-order valence-electron chi connectivity index (χ2n) is 5.37. The standard InChI is InChI=1S/C18H13N3O2/c1-20-14-9-5-6-10-15(14)21-16(18(20)23)11-13(19-21)17(22)12-7-3-2-4-8-12/h2-11H,1H3. The third-order valence-electron chi connectivity index (χ3n) is 3.97. The van der Waals surface area contributed by atoms with Crippen molar-refractivity contribution in [1.82, 2.24) is 14.2 Å². The van der Waals surface area contributed by atoms with Crippen LogP contribution in [0.2, 0.25) is 0 Å². The molecule has 2 aromatic heterocycles. The summed E-state index contributed by atoms with van der Waals surface area (Å²) in [6, 6.07) is 18.0. The molecule has 0 fully saturated rings. The molecule has 0 spiro atoms. The van der Waals surface area contributed by atoms with Crippen molar-refractivity contribution in [2.75, 3.05) is 0 Å².